The summed E-state index contributed by atoms with van der Waals surface area (Å²) < 4.78 is 17.8. The molecular formula is C14H15FO3. The third-order valence-electron chi connectivity index (χ3n) is 2.67. The average Bonchev–Trinajstić information content (AvgIpc) is 2.37. The predicted octanol–water partition coefficient (Wildman–Crippen LogP) is 2.40. The van der Waals surface area contributed by atoms with Crippen LogP contribution in [0.25, 0.3) is 0 Å². The molecule has 0 saturated heterocycles. The number of rotatable bonds is 6. The summed E-state index contributed by atoms with van der Waals surface area (Å²) in [7, 11) is 0. The van der Waals surface area contributed by atoms with Gasteiger partial charge in [0.05, 0.1) is 6.61 Å². The number of ether oxygens (including phenoxy) is 1. The maximum atomic E-state index is 12.9. The van der Waals surface area contributed by atoms with Crippen molar-refractivity contribution in [3.63, 3.8) is 0 Å². The van der Waals surface area contributed by atoms with E-state index in [0.29, 0.717) is 11.8 Å². The third kappa shape index (κ3) is 2.64. The van der Waals surface area contributed by atoms with Crippen molar-refractivity contribution in [2.24, 2.45) is 0 Å². The van der Waals surface area contributed by atoms with E-state index in [0.717, 1.165) is 0 Å². The number of hydrogen-bond donors (Lipinski definition) is 0. The molecule has 0 aliphatic heterocycles. The van der Waals surface area contributed by atoms with Gasteiger partial charge in [-0.25, -0.2) is 4.39 Å². The van der Waals surface area contributed by atoms with Gasteiger partial charge in [-0.2, -0.15) is 0 Å². The Morgan fingerprint density at radius 1 is 1.44 bits per heavy atom. The average molecular weight is 250 g/mol. The van der Waals surface area contributed by atoms with Gasteiger partial charge in [0.1, 0.15) is 12.1 Å². The van der Waals surface area contributed by atoms with Crippen molar-refractivity contribution in [2.45, 2.75) is 18.8 Å². The number of aldehydes is 1. The smallest absolute Gasteiger partial charge is 0.324 e. The zero-order chi connectivity index (χ0) is 13.6. The van der Waals surface area contributed by atoms with Crippen LogP contribution >= 0.6 is 0 Å². The molecule has 1 atom stereocenters. The van der Waals surface area contributed by atoms with E-state index in [2.05, 4.69) is 6.58 Å². The molecule has 0 bridgehead atoms. The summed E-state index contributed by atoms with van der Waals surface area (Å²) in [5, 5.41) is 0. The minimum atomic E-state index is -1.44. The largest absolute Gasteiger partial charge is 0.465 e. The summed E-state index contributed by atoms with van der Waals surface area (Å²) >= 11 is 0. The molecule has 0 aliphatic carbocycles. The molecule has 0 heterocycles. The summed E-state index contributed by atoms with van der Waals surface area (Å²) in [5.41, 5.74) is -1.04. The van der Waals surface area contributed by atoms with Crippen LogP contribution in [0.3, 0.4) is 0 Å². The summed E-state index contributed by atoms with van der Waals surface area (Å²) in [5.74, 6) is -1.08. The van der Waals surface area contributed by atoms with Gasteiger partial charge in [-0.05, 0) is 31.0 Å². The van der Waals surface area contributed by atoms with E-state index in [-0.39, 0.29) is 13.0 Å². The van der Waals surface area contributed by atoms with Crippen LogP contribution in [0.4, 0.5) is 4.39 Å². The van der Waals surface area contributed by atoms with Crippen LogP contribution in [0.1, 0.15) is 18.9 Å². The fourth-order valence-corrected chi connectivity index (χ4v) is 1.72. The van der Waals surface area contributed by atoms with Gasteiger partial charge < -0.3 is 9.53 Å². The van der Waals surface area contributed by atoms with E-state index < -0.39 is 17.2 Å². The predicted molar refractivity (Wildman–Crippen MR) is 65.6 cm³/mol. The fourth-order valence-electron chi connectivity index (χ4n) is 1.72. The minimum Gasteiger partial charge on any atom is -0.465 e. The van der Waals surface area contributed by atoms with Crippen molar-refractivity contribution >= 4 is 12.3 Å². The van der Waals surface area contributed by atoms with E-state index in [1.165, 1.54) is 30.3 Å². The van der Waals surface area contributed by atoms with Crippen LogP contribution < -0.4 is 0 Å². The van der Waals surface area contributed by atoms with Gasteiger partial charge in [-0.3, -0.25) is 4.79 Å². The minimum absolute atomic E-state index is 0.112. The topological polar surface area (TPSA) is 43.4 Å². The molecular weight excluding hydrogens is 235 g/mol. The first-order valence-electron chi connectivity index (χ1n) is 5.61. The molecule has 0 N–H and O–H groups in total. The van der Waals surface area contributed by atoms with Crippen LogP contribution in [0.15, 0.2) is 36.9 Å². The Morgan fingerprint density at radius 2 is 2.06 bits per heavy atom. The van der Waals surface area contributed by atoms with Gasteiger partial charge in [0.2, 0.25) is 0 Å². The van der Waals surface area contributed by atoms with E-state index in [1.807, 2.05) is 0 Å². The second kappa shape index (κ2) is 6.10. The second-order valence-electron chi connectivity index (χ2n) is 3.81. The first kappa shape index (κ1) is 14.1. The highest BCUT2D eigenvalue weighted by atomic mass is 19.1. The number of carbonyl (C=O) groups excluding carboxylic acids is 2. The number of hydrogen-bond acceptors (Lipinski definition) is 3. The van der Waals surface area contributed by atoms with E-state index in [1.54, 1.807) is 6.92 Å². The lowest BCUT2D eigenvalue weighted by molar-refractivity contribution is -0.151. The number of esters is 1. The van der Waals surface area contributed by atoms with E-state index in [9.17, 15) is 14.0 Å². The van der Waals surface area contributed by atoms with Crippen molar-refractivity contribution in [1.82, 2.24) is 0 Å². The zero-order valence-corrected chi connectivity index (χ0v) is 10.2. The Kier molecular flexibility index (Phi) is 4.77. The van der Waals surface area contributed by atoms with Crippen LogP contribution in [-0.4, -0.2) is 18.9 Å². The monoisotopic (exact) mass is 250 g/mol. The Bertz CT molecular complexity index is 439. The highest BCUT2D eigenvalue weighted by Crippen LogP contribution is 2.28. The molecule has 18 heavy (non-hydrogen) atoms. The lowest BCUT2D eigenvalue weighted by Gasteiger charge is -2.24. The number of benzene rings is 1. The van der Waals surface area contributed by atoms with Crippen LogP contribution in [0.5, 0.6) is 0 Å². The molecule has 0 spiro atoms. The van der Waals surface area contributed by atoms with E-state index >= 15 is 0 Å². The zero-order valence-electron chi connectivity index (χ0n) is 10.2. The number of carbonyl (C=O) groups is 2. The molecule has 0 fully saturated rings. The lowest BCUT2D eigenvalue weighted by Crippen LogP contribution is -2.38. The molecule has 3 nitrogen and oxygen atoms in total. The molecule has 1 aromatic rings. The fraction of sp³-hybridized carbons (Fsp3) is 0.286. The molecule has 0 saturated carbocycles. The molecule has 1 rings (SSSR count). The highest BCUT2D eigenvalue weighted by Gasteiger charge is 2.40. The molecule has 0 aliphatic rings. The Morgan fingerprint density at radius 3 is 2.50 bits per heavy atom. The SMILES string of the molecule is C=CCC(C=O)(C(=O)OCC)c1ccc(F)cc1. The summed E-state index contributed by atoms with van der Waals surface area (Å²) in [6.45, 7) is 5.37. The quantitative estimate of drug-likeness (QED) is 0.337. The maximum Gasteiger partial charge on any atom is 0.324 e. The molecule has 0 radical (unpaired) electrons. The van der Waals surface area contributed by atoms with Crippen molar-refractivity contribution in [1.29, 1.82) is 0 Å². The number of halogens is 1. The van der Waals surface area contributed by atoms with Gasteiger partial charge in [-0.1, -0.05) is 18.2 Å². The van der Waals surface area contributed by atoms with Gasteiger partial charge in [0.25, 0.3) is 0 Å². The van der Waals surface area contributed by atoms with Crippen molar-refractivity contribution in [2.75, 3.05) is 6.61 Å². The second-order valence-corrected chi connectivity index (χ2v) is 3.81. The number of allylic oxidation sites excluding steroid dienone is 1. The van der Waals surface area contributed by atoms with Crippen molar-refractivity contribution in [3.05, 3.63) is 48.3 Å². The van der Waals surface area contributed by atoms with Gasteiger partial charge in [-0.15, -0.1) is 6.58 Å². The first-order valence-corrected chi connectivity index (χ1v) is 5.61. The van der Waals surface area contributed by atoms with Crippen LogP contribution in [-0.2, 0) is 19.7 Å². The van der Waals surface area contributed by atoms with Gasteiger partial charge in [0, 0.05) is 0 Å². The molecule has 0 aromatic heterocycles. The Labute approximate surface area is 105 Å². The van der Waals surface area contributed by atoms with Crippen molar-refractivity contribution in [3.8, 4) is 0 Å². The van der Waals surface area contributed by atoms with Crippen LogP contribution in [0, 0.1) is 5.82 Å². The summed E-state index contributed by atoms with van der Waals surface area (Å²) in [6, 6.07) is 5.22. The van der Waals surface area contributed by atoms with Gasteiger partial charge in [0.15, 0.2) is 5.41 Å². The molecule has 96 valence electrons. The third-order valence-corrected chi connectivity index (χ3v) is 2.67. The van der Waals surface area contributed by atoms with Crippen molar-refractivity contribution < 1.29 is 18.7 Å². The molecule has 4 heteroatoms. The molecule has 1 unspecified atom stereocenters. The Balaban J connectivity index is 3.25. The van der Waals surface area contributed by atoms with Crippen LogP contribution in [0.2, 0.25) is 0 Å². The Hall–Kier alpha value is -1.97. The normalized spacial score (nSPS) is 13.4. The summed E-state index contributed by atoms with van der Waals surface area (Å²) in [4.78, 5) is 23.4. The molecule has 1 aromatic carbocycles. The first-order chi connectivity index (χ1) is 8.60. The maximum absolute atomic E-state index is 12.9. The summed E-state index contributed by atoms with van der Waals surface area (Å²) in [6.07, 6.45) is 2.11. The highest BCUT2D eigenvalue weighted by molar-refractivity contribution is 6.00. The standard InChI is InChI=1S/C14H15FO3/c1-3-9-14(10-16,13(17)18-4-2)11-5-7-12(15)8-6-11/h3,5-8,10H,1,4,9H2,2H3. The molecule has 0 amide bonds. The van der Waals surface area contributed by atoms with Gasteiger partial charge >= 0.3 is 5.97 Å². The lowest BCUT2D eigenvalue weighted by atomic mass is 9.79. The van der Waals surface area contributed by atoms with E-state index in [4.69, 9.17) is 4.74 Å².